The molecule has 0 fully saturated rings. The molecule has 2 amide bonds. The standard InChI is InChI=1S/C11H13BrN2O6/c1-19-5-6(11(17)18)14-9(15)4-13-10(16)7-2-3-8(12)20-7/h2-3,6H,4-5H2,1H3,(H,13,16)(H,14,15)(H,17,18). The van der Waals surface area contributed by atoms with E-state index in [1.54, 1.807) is 0 Å². The highest BCUT2D eigenvalue weighted by Gasteiger charge is 2.20. The number of carbonyl (C=O) groups is 3. The van der Waals surface area contributed by atoms with E-state index in [0.29, 0.717) is 4.67 Å². The van der Waals surface area contributed by atoms with Crippen molar-refractivity contribution in [1.82, 2.24) is 10.6 Å². The molecule has 1 aromatic heterocycles. The highest BCUT2D eigenvalue weighted by molar-refractivity contribution is 9.10. The van der Waals surface area contributed by atoms with Crippen molar-refractivity contribution in [2.75, 3.05) is 20.3 Å². The summed E-state index contributed by atoms with van der Waals surface area (Å²) in [7, 11) is 1.32. The van der Waals surface area contributed by atoms with E-state index < -0.39 is 23.8 Å². The normalized spacial score (nSPS) is 11.7. The summed E-state index contributed by atoms with van der Waals surface area (Å²) in [5, 5.41) is 13.3. The zero-order valence-corrected chi connectivity index (χ0v) is 12.1. The van der Waals surface area contributed by atoms with Crippen LogP contribution in [0.1, 0.15) is 10.6 Å². The Bertz CT molecular complexity index is 501. The van der Waals surface area contributed by atoms with E-state index in [4.69, 9.17) is 9.52 Å². The molecule has 110 valence electrons. The number of carboxylic acid groups (broad SMARTS) is 1. The lowest BCUT2D eigenvalue weighted by Gasteiger charge is -2.13. The number of hydrogen-bond donors (Lipinski definition) is 3. The van der Waals surface area contributed by atoms with E-state index in [1.165, 1.54) is 19.2 Å². The number of ether oxygens (including phenoxy) is 1. The van der Waals surface area contributed by atoms with Crippen LogP contribution in [0.2, 0.25) is 0 Å². The fourth-order valence-corrected chi connectivity index (χ4v) is 1.58. The van der Waals surface area contributed by atoms with Crippen LogP contribution in [-0.2, 0) is 14.3 Å². The summed E-state index contributed by atoms with van der Waals surface area (Å²) in [6.45, 7) is -0.537. The number of nitrogens with one attached hydrogen (secondary N) is 2. The van der Waals surface area contributed by atoms with Crippen LogP contribution in [0.15, 0.2) is 21.2 Å². The summed E-state index contributed by atoms with van der Waals surface area (Å²) in [4.78, 5) is 33.8. The maximum absolute atomic E-state index is 11.6. The van der Waals surface area contributed by atoms with Gasteiger partial charge in [0.15, 0.2) is 16.5 Å². The molecule has 1 heterocycles. The molecule has 0 bridgehead atoms. The molecule has 0 spiro atoms. The predicted molar refractivity (Wildman–Crippen MR) is 70.2 cm³/mol. The molecule has 0 aliphatic heterocycles. The fourth-order valence-electron chi connectivity index (χ4n) is 1.27. The second-order valence-corrected chi connectivity index (χ2v) is 4.48. The van der Waals surface area contributed by atoms with Crippen molar-refractivity contribution in [1.29, 1.82) is 0 Å². The van der Waals surface area contributed by atoms with Crippen molar-refractivity contribution < 1.29 is 28.6 Å². The molecule has 0 aliphatic rings. The lowest BCUT2D eigenvalue weighted by molar-refractivity contribution is -0.143. The zero-order chi connectivity index (χ0) is 15.1. The van der Waals surface area contributed by atoms with Gasteiger partial charge < -0.3 is 24.9 Å². The maximum Gasteiger partial charge on any atom is 0.328 e. The third-order valence-corrected chi connectivity index (χ3v) is 2.60. The minimum absolute atomic E-state index is 0.0383. The van der Waals surface area contributed by atoms with Crippen molar-refractivity contribution in [3.05, 3.63) is 22.6 Å². The lowest BCUT2D eigenvalue weighted by atomic mass is 10.3. The van der Waals surface area contributed by atoms with Crippen LogP contribution in [0.25, 0.3) is 0 Å². The molecule has 0 aliphatic carbocycles. The Balaban J connectivity index is 2.42. The molecule has 1 atom stereocenters. The first-order valence-corrected chi connectivity index (χ1v) is 6.28. The van der Waals surface area contributed by atoms with Gasteiger partial charge in [0.25, 0.3) is 5.91 Å². The number of hydrogen-bond acceptors (Lipinski definition) is 5. The van der Waals surface area contributed by atoms with Crippen molar-refractivity contribution >= 4 is 33.7 Å². The van der Waals surface area contributed by atoms with Crippen LogP contribution in [0.4, 0.5) is 0 Å². The van der Waals surface area contributed by atoms with E-state index in [2.05, 4.69) is 31.3 Å². The molecular formula is C11H13BrN2O6. The number of furan rings is 1. The van der Waals surface area contributed by atoms with Gasteiger partial charge in [0.2, 0.25) is 5.91 Å². The summed E-state index contributed by atoms with van der Waals surface area (Å²) in [6.07, 6.45) is 0. The van der Waals surface area contributed by atoms with Crippen LogP contribution >= 0.6 is 15.9 Å². The Labute approximate surface area is 122 Å². The van der Waals surface area contributed by atoms with Gasteiger partial charge in [-0.25, -0.2) is 4.79 Å². The van der Waals surface area contributed by atoms with Crippen LogP contribution in [0, 0.1) is 0 Å². The van der Waals surface area contributed by atoms with Crippen LogP contribution in [-0.4, -0.2) is 49.2 Å². The second-order valence-electron chi connectivity index (χ2n) is 3.70. The summed E-state index contributed by atoms with van der Waals surface area (Å²) in [5.74, 6) is -2.41. The minimum Gasteiger partial charge on any atom is -0.480 e. The van der Waals surface area contributed by atoms with Gasteiger partial charge in [-0.3, -0.25) is 9.59 Å². The van der Waals surface area contributed by atoms with Gasteiger partial charge in [-0.15, -0.1) is 0 Å². The third kappa shape index (κ3) is 5.02. The average Bonchev–Trinajstić information content (AvgIpc) is 2.82. The van der Waals surface area contributed by atoms with Crippen molar-refractivity contribution in [3.63, 3.8) is 0 Å². The highest BCUT2D eigenvalue weighted by Crippen LogP contribution is 2.13. The van der Waals surface area contributed by atoms with Crippen LogP contribution in [0.3, 0.4) is 0 Å². The number of rotatable bonds is 7. The van der Waals surface area contributed by atoms with Crippen LogP contribution in [0.5, 0.6) is 0 Å². The Morgan fingerprint density at radius 1 is 1.45 bits per heavy atom. The van der Waals surface area contributed by atoms with Crippen molar-refractivity contribution in [3.8, 4) is 0 Å². The molecule has 0 saturated heterocycles. The number of methoxy groups -OCH3 is 1. The average molecular weight is 349 g/mol. The summed E-state index contributed by atoms with van der Waals surface area (Å²) in [5.41, 5.74) is 0. The fraction of sp³-hybridized carbons (Fsp3) is 0.364. The zero-order valence-electron chi connectivity index (χ0n) is 10.5. The smallest absolute Gasteiger partial charge is 0.328 e. The first-order chi connectivity index (χ1) is 9.43. The van der Waals surface area contributed by atoms with Gasteiger partial charge in [0.1, 0.15) is 0 Å². The van der Waals surface area contributed by atoms with Gasteiger partial charge in [0.05, 0.1) is 13.2 Å². The molecule has 0 radical (unpaired) electrons. The maximum atomic E-state index is 11.6. The molecule has 1 rings (SSSR count). The van der Waals surface area contributed by atoms with E-state index in [-0.39, 0.29) is 18.9 Å². The van der Waals surface area contributed by atoms with E-state index in [0.717, 1.165) is 0 Å². The van der Waals surface area contributed by atoms with E-state index in [1.807, 2.05) is 0 Å². The van der Waals surface area contributed by atoms with E-state index in [9.17, 15) is 14.4 Å². The molecule has 1 unspecified atom stereocenters. The van der Waals surface area contributed by atoms with Crippen LogP contribution < -0.4 is 10.6 Å². The summed E-state index contributed by atoms with van der Waals surface area (Å²) < 4.78 is 10.0. The first-order valence-electron chi connectivity index (χ1n) is 5.48. The Morgan fingerprint density at radius 3 is 2.65 bits per heavy atom. The Kier molecular flexibility index (Phi) is 6.19. The van der Waals surface area contributed by atoms with Crippen molar-refractivity contribution in [2.24, 2.45) is 0 Å². The molecule has 8 nitrogen and oxygen atoms in total. The Morgan fingerprint density at radius 2 is 2.15 bits per heavy atom. The van der Waals surface area contributed by atoms with Crippen molar-refractivity contribution in [2.45, 2.75) is 6.04 Å². The molecule has 9 heteroatoms. The third-order valence-electron chi connectivity index (χ3n) is 2.17. The van der Waals surface area contributed by atoms with Gasteiger partial charge in [0, 0.05) is 7.11 Å². The Hall–Kier alpha value is -1.87. The largest absolute Gasteiger partial charge is 0.480 e. The molecule has 1 aromatic rings. The second kappa shape index (κ2) is 7.65. The number of carbonyl (C=O) groups excluding carboxylic acids is 2. The lowest BCUT2D eigenvalue weighted by Crippen LogP contribution is -2.47. The molecule has 0 saturated carbocycles. The van der Waals surface area contributed by atoms with Gasteiger partial charge in [-0.05, 0) is 28.1 Å². The van der Waals surface area contributed by atoms with Gasteiger partial charge >= 0.3 is 5.97 Å². The first kappa shape index (κ1) is 16.2. The molecular weight excluding hydrogens is 336 g/mol. The molecule has 3 N–H and O–H groups in total. The van der Waals surface area contributed by atoms with Gasteiger partial charge in [-0.1, -0.05) is 0 Å². The topological polar surface area (TPSA) is 118 Å². The van der Waals surface area contributed by atoms with E-state index >= 15 is 0 Å². The predicted octanol–water partition coefficient (Wildman–Crippen LogP) is -0.0123. The number of halogens is 1. The summed E-state index contributed by atoms with van der Waals surface area (Å²) in [6, 6.07) is 1.80. The highest BCUT2D eigenvalue weighted by atomic mass is 79.9. The quantitative estimate of drug-likeness (QED) is 0.637. The SMILES string of the molecule is COCC(NC(=O)CNC(=O)c1ccc(Br)o1)C(=O)O. The number of carboxylic acids is 1. The minimum atomic E-state index is -1.22. The molecule has 20 heavy (non-hydrogen) atoms. The number of amides is 2. The number of aliphatic carboxylic acids is 1. The molecule has 0 aromatic carbocycles. The summed E-state index contributed by atoms with van der Waals surface area (Å²) >= 11 is 3.04. The van der Waals surface area contributed by atoms with Gasteiger partial charge in [-0.2, -0.15) is 0 Å². The monoisotopic (exact) mass is 348 g/mol.